The maximum atomic E-state index is 5.16. The number of hydrogen-bond acceptors (Lipinski definition) is 5. The van der Waals surface area contributed by atoms with Gasteiger partial charge in [-0.15, -0.1) is 0 Å². The van der Waals surface area contributed by atoms with Gasteiger partial charge in [0.1, 0.15) is 0 Å². The van der Waals surface area contributed by atoms with Crippen LogP contribution >= 0.6 is 11.8 Å². The number of hydrogen-bond donors (Lipinski definition) is 0. The van der Waals surface area contributed by atoms with Gasteiger partial charge in [0.2, 0.25) is 0 Å². The van der Waals surface area contributed by atoms with E-state index in [0.29, 0.717) is 17.5 Å². The molecule has 0 atom stereocenters. The molecule has 4 nitrogen and oxygen atoms in total. The largest absolute Gasteiger partial charge is 0.256 e. The van der Waals surface area contributed by atoms with E-state index in [-0.39, 0.29) is 0 Å². The zero-order chi connectivity index (χ0) is 35.6. The SMILES string of the molecule is c1ccc(-c2nc(-c3ccc(-c4cccc5cccnc45)cc3)nc(-c3ccc4c(c3)Sc3ccccc3C43c4ccccc4-c4ccccc43)n2)cc1. The molecule has 3 heterocycles. The summed E-state index contributed by atoms with van der Waals surface area (Å²) in [4.78, 5) is 22.5. The van der Waals surface area contributed by atoms with Crippen molar-refractivity contribution in [2.45, 2.75) is 15.2 Å². The molecule has 252 valence electrons. The first kappa shape index (κ1) is 30.9. The standard InChI is InChI=1S/C49H30N4S/c1-2-12-33(13-3-1)46-51-47(34-25-23-31(24-26-34)36-18-10-14-32-15-11-29-50-45(32)36)53-48(52-46)35-27-28-42-44(30-35)54-43-22-9-8-21-41(43)49(42)39-19-6-4-16-37(39)38-17-5-7-20-40(38)49/h1-30H. The fourth-order valence-electron chi connectivity index (χ4n) is 8.49. The Labute approximate surface area is 317 Å². The monoisotopic (exact) mass is 706 g/mol. The van der Waals surface area contributed by atoms with Crippen LogP contribution in [-0.2, 0) is 5.41 Å². The van der Waals surface area contributed by atoms with Gasteiger partial charge in [0, 0.05) is 43.6 Å². The summed E-state index contributed by atoms with van der Waals surface area (Å²) < 4.78 is 0. The molecule has 0 radical (unpaired) electrons. The molecule has 2 aliphatic rings. The van der Waals surface area contributed by atoms with Gasteiger partial charge < -0.3 is 0 Å². The third kappa shape index (κ3) is 4.65. The Bertz CT molecular complexity index is 2870. The lowest BCUT2D eigenvalue weighted by molar-refractivity contribution is 0.722. The summed E-state index contributed by atoms with van der Waals surface area (Å²) in [6.45, 7) is 0. The molecule has 2 aromatic heterocycles. The van der Waals surface area contributed by atoms with Crippen LogP contribution in [0.3, 0.4) is 0 Å². The minimum Gasteiger partial charge on any atom is -0.256 e. The second kappa shape index (κ2) is 12.2. The minimum absolute atomic E-state index is 0.427. The molecule has 1 spiro atoms. The van der Waals surface area contributed by atoms with Crippen LogP contribution in [0.15, 0.2) is 192 Å². The van der Waals surface area contributed by atoms with E-state index in [0.717, 1.165) is 38.7 Å². The molecule has 0 bridgehead atoms. The Balaban J connectivity index is 1.07. The van der Waals surface area contributed by atoms with Gasteiger partial charge in [-0.3, -0.25) is 4.98 Å². The van der Waals surface area contributed by atoms with Crippen molar-refractivity contribution in [2.75, 3.05) is 0 Å². The Hall–Kier alpha value is -6.69. The quantitative estimate of drug-likeness (QED) is 0.182. The highest BCUT2D eigenvalue weighted by molar-refractivity contribution is 7.99. The van der Waals surface area contributed by atoms with Crippen molar-refractivity contribution in [1.82, 2.24) is 19.9 Å². The molecule has 0 fully saturated rings. The number of nitrogens with zero attached hydrogens (tertiary/aromatic N) is 4. The molecule has 0 N–H and O–H groups in total. The highest BCUT2D eigenvalue weighted by Crippen LogP contribution is 2.62. The second-order valence-corrected chi connectivity index (χ2v) is 14.9. The Morgan fingerprint density at radius 1 is 0.370 bits per heavy atom. The van der Waals surface area contributed by atoms with Crippen LogP contribution in [0.5, 0.6) is 0 Å². The lowest BCUT2D eigenvalue weighted by Crippen LogP contribution is -2.31. The summed E-state index contributed by atoms with van der Waals surface area (Å²) in [5, 5.41) is 1.12. The molecule has 0 amide bonds. The van der Waals surface area contributed by atoms with E-state index in [2.05, 4.69) is 157 Å². The van der Waals surface area contributed by atoms with Gasteiger partial charge in [0.05, 0.1) is 10.9 Å². The predicted molar refractivity (Wildman–Crippen MR) is 218 cm³/mol. The fraction of sp³-hybridized carbons (Fsp3) is 0.0204. The van der Waals surface area contributed by atoms with Gasteiger partial charge in [-0.25, -0.2) is 15.0 Å². The zero-order valence-electron chi connectivity index (χ0n) is 29.0. The Morgan fingerprint density at radius 3 is 1.65 bits per heavy atom. The van der Waals surface area contributed by atoms with Crippen molar-refractivity contribution in [3.05, 3.63) is 204 Å². The van der Waals surface area contributed by atoms with Crippen LogP contribution < -0.4 is 0 Å². The first-order chi connectivity index (χ1) is 26.8. The van der Waals surface area contributed by atoms with E-state index < -0.39 is 5.41 Å². The predicted octanol–water partition coefficient (Wildman–Crippen LogP) is 11.9. The van der Waals surface area contributed by atoms with Gasteiger partial charge in [0.25, 0.3) is 0 Å². The minimum atomic E-state index is -0.427. The van der Waals surface area contributed by atoms with Crippen molar-refractivity contribution in [2.24, 2.45) is 0 Å². The topological polar surface area (TPSA) is 51.6 Å². The average Bonchev–Trinajstić information content (AvgIpc) is 3.54. The molecule has 9 aromatic rings. The molecule has 11 rings (SSSR count). The summed E-state index contributed by atoms with van der Waals surface area (Å²) in [5.74, 6) is 1.92. The summed E-state index contributed by atoms with van der Waals surface area (Å²) in [7, 11) is 0. The smallest absolute Gasteiger partial charge is 0.164 e. The van der Waals surface area contributed by atoms with Crippen LogP contribution in [0.2, 0.25) is 0 Å². The van der Waals surface area contributed by atoms with E-state index >= 15 is 0 Å². The van der Waals surface area contributed by atoms with Crippen LogP contribution in [0.25, 0.3) is 67.3 Å². The number of pyridine rings is 1. The molecule has 7 aromatic carbocycles. The van der Waals surface area contributed by atoms with E-state index in [1.54, 1.807) is 0 Å². The van der Waals surface area contributed by atoms with Gasteiger partial charge in [-0.2, -0.15) is 0 Å². The van der Waals surface area contributed by atoms with Crippen LogP contribution in [-0.4, -0.2) is 19.9 Å². The molecule has 54 heavy (non-hydrogen) atoms. The van der Waals surface area contributed by atoms with E-state index in [9.17, 15) is 0 Å². The average molecular weight is 707 g/mol. The van der Waals surface area contributed by atoms with Gasteiger partial charge >= 0.3 is 0 Å². The fourth-order valence-corrected chi connectivity index (χ4v) is 9.72. The molecular formula is C49H30N4S. The first-order valence-electron chi connectivity index (χ1n) is 18.1. The van der Waals surface area contributed by atoms with Crippen molar-refractivity contribution < 1.29 is 0 Å². The van der Waals surface area contributed by atoms with Crippen molar-refractivity contribution in [3.8, 4) is 56.4 Å². The van der Waals surface area contributed by atoms with Crippen LogP contribution in [0.4, 0.5) is 0 Å². The molecule has 1 aliphatic carbocycles. The lowest BCUT2D eigenvalue weighted by Gasteiger charge is -2.39. The van der Waals surface area contributed by atoms with Crippen LogP contribution in [0.1, 0.15) is 22.3 Å². The first-order valence-corrected chi connectivity index (χ1v) is 18.9. The maximum absolute atomic E-state index is 5.16. The van der Waals surface area contributed by atoms with E-state index in [1.807, 2.05) is 42.2 Å². The maximum Gasteiger partial charge on any atom is 0.164 e. The molecule has 0 saturated heterocycles. The molecule has 0 saturated carbocycles. The van der Waals surface area contributed by atoms with Crippen molar-refractivity contribution in [3.63, 3.8) is 0 Å². The van der Waals surface area contributed by atoms with Gasteiger partial charge in [-0.1, -0.05) is 169 Å². The van der Waals surface area contributed by atoms with Crippen LogP contribution in [0, 0.1) is 0 Å². The Morgan fingerprint density at radius 2 is 0.907 bits per heavy atom. The van der Waals surface area contributed by atoms with Crippen molar-refractivity contribution >= 4 is 22.7 Å². The Kier molecular flexibility index (Phi) is 6.97. The van der Waals surface area contributed by atoms with Gasteiger partial charge in [-0.05, 0) is 57.1 Å². The normalized spacial score (nSPS) is 13.3. The molecule has 1 aliphatic heterocycles. The number of rotatable bonds is 4. The summed E-state index contributed by atoms with van der Waals surface area (Å²) >= 11 is 1.83. The lowest BCUT2D eigenvalue weighted by atomic mass is 9.67. The van der Waals surface area contributed by atoms with Crippen molar-refractivity contribution in [1.29, 1.82) is 0 Å². The highest BCUT2D eigenvalue weighted by Gasteiger charge is 2.50. The third-order valence-corrected chi connectivity index (χ3v) is 12.0. The summed E-state index contributed by atoms with van der Waals surface area (Å²) in [6.07, 6.45) is 1.85. The van der Waals surface area contributed by atoms with E-state index in [1.165, 1.54) is 43.2 Å². The second-order valence-electron chi connectivity index (χ2n) is 13.8. The zero-order valence-corrected chi connectivity index (χ0v) is 29.8. The van der Waals surface area contributed by atoms with E-state index in [4.69, 9.17) is 15.0 Å². The highest BCUT2D eigenvalue weighted by atomic mass is 32.2. The summed E-state index contributed by atoms with van der Waals surface area (Å²) in [5.41, 5.74) is 13.4. The number of aromatic nitrogens is 4. The molecular weight excluding hydrogens is 677 g/mol. The summed E-state index contributed by atoms with van der Waals surface area (Å²) in [6, 6.07) is 62.5. The number of benzene rings is 7. The molecule has 5 heteroatoms. The van der Waals surface area contributed by atoms with Gasteiger partial charge in [0.15, 0.2) is 17.5 Å². The number of para-hydroxylation sites is 1. The third-order valence-electron chi connectivity index (χ3n) is 10.9. The number of fused-ring (bicyclic) bond motifs is 10. The molecule has 0 unspecified atom stereocenters.